The average molecular weight is 415 g/mol. The van der Waals surface area contributed by atoms with Crippen molar-refractivity contribution in [2.24, 2.45) is 0 Å². The fraction of sp³-hybridized carbons (Fsp3) is 0.259. The first-order chi connectivity index (χ1) is 15.3. The van der Waals surface area contributed by atoms with Gasteiger partial charge in [-0.1, -0.05) is 72.8 Å². The Hall–Kier alpha value is -2.95. The molecule has 3 aromatic rings. The molecule has 2 aliphatic heterocycles. The lowest BCUT2D eigenvalue weighted by molar-refractivity contribution is 0.117. The van der Waals surface area contributed by atoms with Gasteiger partial charge in [0.05, 0.1) is 6.04 Å². The second-order valence-corrected chi connectivity index (χ2v) is 8.22. The number of rotatable bonds is 4. The van der Waals surface area contributed by atoms with Gasteiger partial charge in [-0.15, -0.1) is 0 Å². The van der Waals surface area contributed by atoms with E-state index in [4.69, 9.17) is 4.74 Å². The van der Waals surface area contributed by atoms with E-state index in [0.29, 0.717) is 12.4 Å². The highest BCUT2D eigenvalue weighted by Gasteiger charge is 2.31. The van der Waals surface area contributed by atoms with E-state index in [-0.39, 0.29) is 11.9 Å². The lowest BCUT2D eigenvalue weighted by Gasteiger charge is -2.39. The molecule has 158 valence electrons. The highest BCUT2D eigenvalue weighted by atomic mass is 19.1. The maximum atomic E-state index is 13.9. The molecule has 3 aromatic carbocycles. The first-order valence-electron chi connectivity index (χ1n) is 11.0. The molecular formula is C27H27FN2O. The van der Waals surface area contributed by atoms with Gasteiger partial charge in [0.1, 0.15) is 18.2 Å². The first kappa shape index (κ1) is 20.0. The van der Waals surface area contributed by atoms with Crippen LogP contribution >= 0.6 is 0 Å². The smallest absolute Gasteiger partial charge is 0.127 e. The zero-order valence-electron chi connectivity index (χ0n) is 17.6. The van der Waals surface area contributed by atoms with Gasteiger partial charge in [0.2, 0.25) is 0 Å². The molecule has 0 N–H and O–H groups in total. The monoisotopic (exact) mass is 414 g/mol. The molecule has 0 saturated carbocycles. The third-order valence-corrected chi connectivity index (χ3v) is 6.25. The highest BCUT2D eigenvalue weighted by molar-refractivity contribution is 5.49. The average Bonchev–Trinajstić information content (AvgIpc) is 2.97. The van der Waals surface area contributed by atoms with Crippen LogP contribution in [0.4, 0.5) is 4.39 Å². The number of piperazine rings is 1. The summed E-state index contributed by atoms with van der Waals surface area (Å²) in [5, 5.41) is 0. The standard InChI is InChI=1S/C27H27FN2O/c28-23-12-13-25-26(19-23)31-20-22-10-4-5-11-24(22)27(25)30-17-15-29(16-18-30)14-6-9-21-7-2-1-3-8-21/h1-13,19,27H,14-18,20H2/b9-6+/t27-/m1/s1. The molecule has 0 radical (unpaired) electrons. The number of ether oxygens (including phenoxy) is 1. The van der Waals surface area contributed by atoms with Crippen molar-refractivity contribution >= 4 is 6.08 Å². The van der Waals surface area contributed by atoms with Crippen molar-refractivity contribution in [2.45, 2.75) is 12.6 Å². The fourth-order valence-corrected chi connectivity index (χ4v) is 4.61. The van der Waals surface area contributed by atoms with Crippen LogP contribution < -0.4 is 4.74 Å². The summed E-state index contributed by atoms with van der Waals surface area (Å²) in [5.74, 6) is 0.410. The van der Waals surface area contributed by atoms with Gasteiger partial charge in [0.25, 0.3) is 0 Å². The molecule has 31 heavy (non-hydrogen) atoms. The van der Waals surface area contributed by atoms with Crippen molar-refractivity contribution in [2.75, 3.05) is 32.7 Å². The molecule has 0 bridgehead atoms. The third kappa shape index (κ3) is 4.41. The van der Waals surface area contributed by atoms with Gasteiger partial charge in [0, 0.05) is 44.4 Å². The molecule has 1 fully saturated rings. The number of benzene rings is 3. The maximum absolute atomic E-state index is 13.9. The molecule has 0 spiro atoms. The van der Waals surface area contributed by atoms with Crippen molar-refractivity contribution in [1.29, 1.82) is 0 Å². The van der Waals surface area contributed by atoms with Crippen LogP contribution in [0.5, 0.6) is 5.75 Å². The Kier molecular flexibility index (Phi) is 5.83. The highest BCUT2D eigenvalue weighted by Crippen LogP contribution is 2.40. The van der Waals surface area contributed by atoms with Crippen LogP contribution in [0.2, 0.25) is 0 Å². The molecule has 5 rings (SSSR count). The van der Waals surface area contributed by atoms with Crippen molar-refractivity contribution in [1.82, 2.24) is 9.80 Å². The van der Waals surface area contributed by atoms with E-state index < -0.39 is 0 Å². The van der Waals surface area contributed by atoms with Gasteiger partial charge in [-0.25, -0.2) is 4.39 Å². The largest absolute Gasteiger partial charge is 0.488 e. The summed E-state index contributed by atoms with van der Waals surface area (Å²) >= 11 is 0. The van der Waals surface area contributed by atoms with Gasteiger partial charge >= 0.3 is 0 Å². The van der Waals surface area contributed by atoms with E-state index in [1.54, 1.807) is 6.07 Å². The number of fused-ring (bicyclic) bond motifs is 2. The Bertz CT molecular complexity index is 1060. The summed E-state index contributed by atoms with van der Waals surface area (Å²) in [4.78, 5) is 5.00. The van der Waals surface area contributed by atoms with Gasteiger partial charge in [-0.05, 0) is 22.8 Å². The summed E-state index contributed by atoms with van der Waals surface area (Å²) in [6, 6.07) is 23.9. The SMILES string of the molecule is Fc1ccc2c(c1)OCc1ccccc1[C@H]2N1CCN(C/C=C/c2ccccc2)CC1. The molecule has 2 heterocycles. The topological polar surface area (TPSA) is 15.7 Å². The van der Waals surface area contributed by atoms with Gasteiger partial charge in [-0.3, -0.25) is 9.80 Å². The van der Waals surface area contributed by atoms with Crippen LogP contribution in [0.15, 0.2) is 78.9 Å². The van der Waals surface area contributed by atoms with Crippen LogP contribution in [0, 0.1) is 5.82 Å². The predicted octanol–water partition coefficient (Wildman–Crippen LogP) is 5.14. The van der Waals surface area contributed by atoms with Gasteiger partial charge in [-0.2, -0.15) is 0 Å². The van der Waals surface area contributed by atoms with E-state index in [0.717, 1.165) is 38.3 Å². The summed E-state index contributed by atoms with van der Waals surface area (Å²) in [6.45, 7) is 5.39. The number of hydrogen-bond acceptors (Lipinski definition) is 3. The molecule has 1 saturated heterocycles. The summed E-state index contributed by atoms with van der Waals surface area (Å²) in [5.41, 5.74) is 4.74. The van der Waals surface area contributed by atoms with Crippen LogP contribution in [-0.4, -0.2) is 42.5 Å². The second kappa shape index (κ2) is 9.04. The van der Waals surface area contributed by atoms with Crippen molar-refractivity contribution in [3.8, 4) is 5.75 Å². The molecule has 4 heteroatoms. The lowest BCUT2D eigenvalue weighted by atomic mass is 9.93. The maximum Gasteiger partial charge on any atom is 0.127 e. The van der Waals surface area contributed by atoms with Gasteiger partial charge in [0.15, 0.2) is 0 Å². The Labute approximate surface area is 183 Å². The van der Waals surface area contributed by atoms with Crippen molar-refractivity contribution in [3.63, 3.8) is 0 Å². The van der Waals surface area contributed by atoms with Crippen LogP contribution in [0.25, 0.3) is 6.08 Å². The summed E-state index contributed by atoms with van der Waals surface area (Å²) in [7, 11) is 0. The molecule has 0 amide bonds. The van der Waals surface area contributed by atoms with E-state index in [2.05, 4.69) is 64.4 Å². The number of nitrogens with zero attached hydrogens (tertiary/aromatic N) is 2. The Morgan fingerprint density at radius 3 is 2.48 bits per heavy atom. The van der Waals surface area contributed by atoms with Crippen molar-refractivity contribution < 1.29 is 9.13 Å². The molecule has 3 nitrogen and oxygen atoms in total. The Balaban J connectivity index is 1.32. The fourth-order valence-electron chi connectivity index (χ4n) is 4.61. The van der Waals surface area contributed by atoms with Crippen LogP contribution in [0.3, 0.4) is 0 Å². The van der Waals surface area contributed by atoms with E-state index >= 15 is 0 Å². The molecule has 0 aromatic heterocycles. The lowest BCUT2D eigenvalue weighted by Crippen LogP contribution is -2.47. The molecule has 1 atom stereocenters. The van der Waals surface area contributed by atoms with E-state index in [1.165, 1.54) is 22.8 Å². The quantitative estimate of drug-likeness (QED) is 0.588. The molecule has 2 aliphatic rings. The molecule has 0 unspecified atom stereocenters. The minimum absolute atomic E-state index is 0.0938. The Morgan fingerprint density at radius 2 is 1.65 bits per heavy atom. The van der Waals surface area contributed by atoms with Gasteiger partial charge < -0.3 is 4.74 Å². The third-order valence-electron chi connectivity index (χ3n) is 6.25. The summed E-state index contributed by atoms with van der Waals surface area (Å²) < 4.78 is 19.9. The normalized spacial score (nSPS) is 19.5. The predicted molar refractivity (Wildman–Crippen MR) is 123 cm³/mol. The zero-order chi connectivity index (χ0) is 21.0. The second-order valence-electron chi connectivity index (χ2n) is 8.22. The van der Waals surface area contributed by atoms with E-state index in [1.807, 2.05) is 18.2 Å². The molecule has 0 aliphatic carbocycles. The van der Waals surface area contributed by atoms with Crippen LogP contribution in [-0.2, 0) is 6.61 Å². The minimum atomic E-state index is -0.251. The van der Waals surface area contributed by atoms with Crippen molar-refractivity contribution in [3.05, 3.63) is 107 Å². The zero-order valence-corrected chi connectivity index (χ0v) is 17.6. The van der Waals surface area contributed by atoms with Crippen LogP contribution in [0.1, 0.15) is 28.3 Å². The number of halogens is 1. The molecular weight excluding hydrogens is 387 g/mol. The Morgan fingerprint density at radius 1 is 0.871 bits per heavy atom. The first-order valence-corrected chi connectivity index (χ1v) is 11.0. The number of hydrogen-bond donors (Lipinski definition) is 0. The minimum Gasteiger partial charge on any atom is -0.488 e. The van der Waals surface area contributed by atoms with E-state index in [9.17, 15) is 4.39 Å². The summed E-state index contributed by atoms with van der Waals surface area (Å²) in [6.07, 6.45) is 4.44.